The van der Waals surface area contributed by atoms with E-state index in [4.69, 9.17) is 4.74 Å². The second kappa shape index (κ2) is 8.56. The van der Waals surface area contributed by atoms with Crippen molar-refractivity contribution >= 4 is 11.8 Å². The van der Waals surface area contributed by atoms with Crippen LogP contribution in [0.5, 0.6) is 5.75 Å². The maximum atomic E-state index is 11.7. The van der Waals surface area contributed by atoms with Crippen LogP contribution >= 0.6 is 0 Å². The number of nitrogens with one attached hydrogen (secondary N) is 1. The molecule has 1 N–H and O–H groups in total. The fourth-order valence-electron chi connectivity index (χ4n) is 2.59. The molecule has 5 heteroatoms. The number of nitrogens with zero attached hydrogens (tertiary/aromatic N) is 1. The number of carbonyl (C=O) groups is 2. The quantitative estimate of drug-likeness (QED) is 0.748. The summed E-state index contributed by atoms with van der Waals surface area (Å²) < 4.78 is 5.60. The standard InChI is InChI=1S/C18H26N2O3/c1-14-6-7-16(13-15(14)2)23-12-8-17(21)19-9-4-11-20-10-3-5-18(20)22/h6-7,13H,3-5,8-12H2,1-2H3,(H,19,21). The molecule has 0 spiro atoms. The smallest absolute Gasteiger partial charge is 0.223 e. The summed E-state index contributed by atoms with van der Waals surface area (Å²) in [6, 6.07) is 5.93. The van der Waals surface area contributed by atoms with Crippen LogP contribution < -0.4 is 10.1 Å². The molecule has 5 nitrogen and oxygen atoms in total. The Morgan fingerprint density at radius 2 is 2.13 bits per heavy atom. The zero-order chi connectivity index (χ0) is 16.7. The fourth-order valence-corrected chi connectivity index (χ4v) is 2.59. The molecule has 1 fully saturated rings. The Balaban J connectivity index is 1.56. The van der Waals surface area contributed by atoms with E-state index in [1.807, 2.05) is 30.0 Å². The van der Waals surface area contributed by atoms with Crippen LogP contribution in [0, 0.1) is 13.8 Å². The van der Waals surface area contributed by atoms with E-state index in [1.165, 1.54) is 11.1 Å². The SMILES string of the molecule is Cc1ccc(OCCC(=O)NCCCN2CCCC2=O)cc1C. The highest BCUT2D eigenvalue weighted by atomic mass is 16.5. The molecule has 0 saturated carbocycles. The molecule has 2 amide bonds. The number of ether oxygens (including phenoxy) is 1. The van der Waals surface area contributed by atoms with Crippen molar-refractivity contribution in [3.8, 4) is 5.75 Å². The minimum absolute atomic E-state index is 0.0124. The predicted molar refractivity (Wildman–Crippen MR) is 89.5 cm³/mol. The number of rotatable bonds is 8. The third kappa shape index (κ3) is 5.58. The Bertz CT molecular complexity index is 557. The van der Waals surface area contributed by atoms with Crippen molar-refractivity contribution in [2.45, 2.75) is 39.5 Å². The lowest BCUT2D eigenvalue weighted by Gasteiger charge is -2.15. The summed E-state index contributed by atoms with van der Waals surface area (Å²) in [5, 5.41) is 2.87. The van der Waals surface area contributed by atoms with E-state index < -0.39 is 0 Å². The molecule has 0 aliphatic carbocycles. The molecule has 1 aliphatic rings. The number of hydrogen-bond donors (Lipinski definition) is 1. The van der Waals surface area contributed by atoms with Gasteiger partial charge in [0.1, 0.15) is 5.75 Å². The number of hydrogen-bond acceptors (Lipinski definition) is 3. The number of aryl methyl sites for hydroxylation is 2. The molecule has 2 rings (SSSR count). The van der Waals surface area contributed by atoms with Gasteiger partial charge >= 0.3 is 0 Å². The van der Waals surface area contributed by atoms with Gasteiger partial charge in [-0.1, -0.05) is 6.07 Å². The first-order chi connectivity index (χ1) is 11.1. The van der Waals surface area contributed by atoms with Crippen LogP contribution in [0.3, 0.4) is 0 Å². The van der Waals surface area contributed by atoms with Crippen LogP contribution in [0.25, 0.3) is 0 Å². The molecule has 1 heterocycles. The monoisotopic (exact) mass is 318 g/mol. The minimum Gasteiger partial charge on any atom is -0.493 e. The van der Waals surface area contributed by atoms with Crippen molar-refractivity contribution in [1.29, 1.82) is 0 Å². The van der Waals surface area contributed by atoms with Crippen molar-refractivity contribution in [2.24, 2.45) is 0 Å². The van der Waals surface area contributed by atoms with Crippen LogP contribution in [-0.4, -0.2) is 43.0 Å². The zero-order valence-corrected chi connectivity index (χ0v) is 14.1. The van der Waals surface area contributed by atoms with Gasteiger partial charge in [-0.15, -0.1) is 0 Å². The highest BCUT2D eigenvalue weighted by Crippen LogP contribution is 2.16. The normalized spacial score (nSPS) is 14.2. The van der Waals surface area contributed by atoms with E-state index >= 15 is 0 Å². The summed E-state index contributed by atoms with van der Waals surface area (Å²) in [5.41, 5.74) is 2.41. The molecule has 0 atom stereocenters. The van der Waals surface area contributed by atoms with Crippen molar-refractivity contribution in [3.05, 3.63) is 29.3 Å². The Morgan fingerprint density at radius 3 is 2.83 bits per heavy atom. The Hall–Kier alpha value is -2.04. The van der Waals surface area contributed by atoms with E-state index in [0.29, 0.717) is 26.0 Å². The van der Waals surface area contributed by atoms with Gasteiger partial charge in [-0.3, -0.25) is 9.59 Å². The van der Waals surface area contributed by atoms with Crippen LogP contribution in [0.15, 0.2) is 18.2 Å². The maximum Gasteiger partial charge on any atom is 0.223 e. The van der Waals surface area contributed by atoms with Crippen LogP contribution in [-0.2, 0) is 9.59 Å². The Labute approximate surface area is 138 Å². The van der Waals surface area contributed by atoms with Crippen molar-refractivity contribution in [3.63, 3.8) is 0 Å². The summed E-state index contributed by atoms with van der Waals surface area (Å²) in [7, 11) is 0. The van der Waals surface area contributed by atoms with Gasteiger partial charge in [0.25, 0.3) is 0 Å². The first-order valence-corrected chi connectivity index (χ1v) is 8.31. The van der Waals surface area contributed by atoms with Crippen LogP contribution in [0.2, 0.25) is 0 Å². The number of carbonyl (C=O) groups excluding carboxylic acids is 2. The second-order valence-corrected chi connectivity index (χ2v) is 6.03. The summed E-state index contributed by atoms with van der Waals surface area (Å²) in [6.07, 6.45) is 2.77. The lowest BCUT2D eigenvalue weighted by atomic mass is 10.1. The van der Waals surface area contributed by atoms with E-state index in [2.05, 4.69) is 12.2 Å². The van der Waals surface area contributed by atoms with Gasteiger partial charge in [-0.25, -0.2) is 0 Å². The summed E-state index contributed by atoms with van der Waals surface area (Å²) in [4.78, 5) is 25.1. The lowest BCUT2D eigenvalue weighted by molar-refractivity contribution is -0.127. The molecule has 0 aromatic heterocycles. The van der Waals surface area contributed by atoms with Crippen LogP contribution in [0.4, 0.5) is 0 Å². The first-order valence-electron chi connectivity index (χ1n) is 8.31. The minimum atomic E-state index is -0.0124. The summed E-state index contributed by atoms with van der Waals surface area (Å²) in [6.45, 7) is 6.67. The van der Waals surface area contributed by atoms with E-state index in [-0.39, 0.29) is 11.8 Å². The highest BCUT2D eigenvalue weighted by Gasteiger charge is 2.18. The third-order valence-electron chi connectivity index (χ3n) is 4.17. The largest absolute Gasteiger partial charge is 0.493 e. The Morgan fingerprint density at radius 1 is 1.30 bits per heavy atom. The summed E-state index contributed by atoms with van der Waals surface area (Å²) in [5.74, 6) is 1.02. The second-order valence-electron chi connectivity index (χ2n) is 6.03. The molecule has 126 valence electrons. The topological polar surface area (TPSA) is 58.6 Å². The van der Waals surface area contributed by atoms with Gasteiger partial charge in [0, 0.05) is 26.1 Å². The van der Waals surface area contributed by atoms with E-state index in [1.54, 1.807) is 0 Å². The predicted octanol–water partition coefficient (Wildman–Crippen LogP) is 2.20. The molecule has 1 saturated heterocycles. The molecule has 0 radical (unpaired) electrons. The van der Waals surface area contributed by atoms with Gasteiger partial charge in [0.2, 0.25) is 11.8 Å². The van der Waals surface area contributed by atoms with Crippen LogP contribution in [0.1, 0.15) is 36.8 Å². The first kappa shape index (κ1) is 17.3. The van der Waals surface area contributed by atoms with Crippen molar-refractivity contribution < 1.29 is 14.3 Å². The van der Waals surface area contributed by atoms with Gasteiger partial charge in [-0.2, -0.15) is 0 Å². The highest BCUT2D eigenvalue weighted by molar-refractivity contribution is 5.78. The molecule has 0 unspecified atom stereocenters. The molecule has 1 aromatic carbocycles. The number of likely N-dealkylation sites (tertiary alicyclic amines) is 1. The summed E-state index contributed by atoms with van der Waals surface area (Å²) >= 11 is 0. The Kier molecular flexibility index (Phi) is 6.44. The van der Waals surface area contributed by atoms with Gasteiger partial charge in [0.15, 0.2) is 0 Å². The fraction of sp³-hybridized carbons (Fsp3) is 0.556. The molecular formula is C18H26N2O3. The average Bonchev–Trinajstić information content (AvgIpc) is 2.93. The molecular weight excluding hydrogens is 292 g/mol. The van der Waals surface area contributed by atoms with Gasteiger partial charge in [-0.05, 0) is 49.9 Å². The lowest BCUT2D eigenvalue weighted by Crippen LogP contribution is -2.31. The molecule has 1 aliphatic heterocycles. The third-order valence-corrected chi connectivity index (χ3v) is 4.17. The molecule has 23 heavy (non-hydrogen) atoms. The number of benzene rings is 1. The maximum absolute atomic E-state index is 11.7. The van der Waals surface area contributed by atoms with E-state index in [9.17, 15) is 9.59 Å². The zero-order valence-electron chi connectivity index (χ0n) is 14.1. The van der Waals surface area contributed by atoms with Gasteiger partial charge < -0.3 is 15.0 Å². The van der Waals surface area contributed by atoms with E-state index in [0.717, 1.165) is 31.7 Å². The molecule has 1 aromatic rings. The number of amides is 2. The molecule has 0 bridgehead atoms. The van der Waals surface area contributed by atoms with Gasteiger partial charge in [0.05, 0.1) is 13.0 Å². The average molecular weight is 318 g/mol. The van der Waals surface area contributed by atoms with Crippen molar-refractivity contribution in [2.75, 3.05) is 26.2 Å². The van der Waals surface area contributed by atoms with Crippen molar-refractivity contribution in [1.82, 2.24) is 10.2 Å².